The molecule has 0 saturated carbocycles. The highest BCUT2D eigenvalue weighted by Gasteiger charge is 2.14. The molecule has 1 aliphatic heterocycles. The lowest BCUT2D eigenvalue weighted by Crippen LogP contribution is -2.26. The second-order valence-corrected chi connectivity index (χ2v) is 6.07. The molecule has 2 heterocycles. The molecular formula is C19H19N3O2. The molecule has 0 bridgehead atoms. The summed E-state index contributed by atoms with van der Waals surface area (Å²) in [6.45, 7) is 1.16. The van der Waals surface area contributed by atoms with Crippen LogP contribution in [0.15, 0.2) is 42.5 Å². The number of fused-ring (bicyclic) bond motifs is 2. The van der Waals surface area contributed by atoms with Crippen LogP contribution in [-0.2, 0) is 31.2 Å². The van der Waals surface area contributed by atoms with Gasteiger partial charge in [0, 0.05) is 13.5 Å². The number of aromatic nitrogens is 2. The van der Waals surface area contributed by atoms with Gasteiger partial charge in [-0.25, -0.2) is 4.98 Å². The van der Waals surface area contributed by atoms with Crippen LogP contribution in [0.4, 0.5) is 0 Å². The van der Waals surface area contributed by atoms with E-state index in [0.717, 1.165) is 41.2 Å². The van der Waals surface area contributed by atoms with Crippen LogP contribution in [-0.4, -0.2) is 22.1 Å². The lowest BCUT2D eigenvalue weighted by Gasteiger charge is -2.07. The lowest BCUT2D eigenvalue weighted by atomic mass is 10.1. The van der Waals surface area contributed by atoms with Crippen molar-refractivity contribution in [3.8, 4) is 5.75 Å². The van der Waals surface area contributed by atoms with Crippen molar-refractivity contribution >= 4 is 16.9 Å². The van der Waals surface area contributed by atoms with Crippen LogP contribution in [0.1, 0.15) is 17.0 Å². The molecule has 122 valence electrons. The Kier molecular flexibility index (Phi) is 3.69. The number of imidazole rings is 1. The van der Waals surface area contributed by atoms with Crippen molar-refractivity contribution in [2.45, 2.75) is 19.4 Å². The Morgan fingerprint density at radius 2 is 2.17 bits per heavy atom. The zero-order chi connectivity index (χ0) is 16.5. The van der Waals surface area contributed by atoms with E-state index < -0.39 is 0 Å². The average Bonchev–Trinajstić information content (AvgIpc) is 3.17. The first-order valence-electron chi connectivity index (χ1n) is 8.12. The van der Waals surface area contributed by atoms with Gasteiger partial charge in [-0.15, -0.1) is 0 Å². The highest BCUT2D eigenvalue weighted by molar-refractivity contribution is 5.79. The van der Waals surface area contributed by atoms with E-state index in [-0.39, 0.29) is 5.91 Å². The number of nitrogens with one attached hydrogen (secondary N) is 1. The minimum atomic E-state index is 0.000853. The molecule has 3 aromatic rings. The van der Waals surface area contributed by atoms with Gasteiger partial charge >= 0.3 is 0 Å². The lowest BCUT2D eigenvalue weighted by molar-refractivity contribution is -0.120. The van der Waals surface area contributed by atoms with Crippen LogP contribution in [0.3, 0.4) is 0 Å². The first kappa shape index (κ1) is 14.8. The van der Waals surface area contributed by atoms with Gasteiger partial charge in [0.2, 0.25) is 5.91 Å². The molecule has 5 heteroatoms. The van der Waals surface area contributed by atoms with Gasteiger partial charge < -0.3 is 14.6 Å². The number of rotatable bonds is 4. The Morgan fingerprint density at radius 1 is 1.29 bits per heavy atom. The maximum atomic E-state index is 12.2. The van der Waals surface area contributed by atoms with E-state index in [1.54, 1.807) is 0 Å². The molecule has 0 saturated heterocycles. The van der Waals surface area contributed by atoms with Crippen LogP contribution in [0.2, 0.25) is 0 Å². The third kappa shape index (κ3) is 2.73. The van der Waals surface area contributed by atoms with Gasteiger partial charge in [-0.1, -0.05) is 24.3 Å². The summed E-state index contributed by atoms with van der Waals surface area (Å²) < 4.78 is 7.51. The van der Waals surface area contributed by atoms with E-state index in [2.05, 4.69) is 16.4 Å². The average molecular weight is 321 g/mol. The van der Waals surface area contributed by atoms with Gasteiger partial charge in [0.1, 0.15) is 11.6 Å². The van der Waals surface area contributed by atoms with Crippen LogP contribution in [0.5, 0.6) is 5.75 Å². The fourth-order valence-electron chi connectivity index (χ4n) is 3.13. The minimum absolute atomic E-state index is 0.000853. The Bertz CT molecular complexity index is 914. The maximum absolute atomic E-state index is 12.2. The highest BCUT2D eigenvalue weighted by Crippen LogP contribution is 2.26. The number of aryl methyl sites for hydroxylation is 1. The summed E-state index contributed by atoms with van der Waals surface area (Å²) in [7, 11) is 1.97. The highest BCUT2D eigenvalue weighted by atomic mass is 16.5. The molecule has 1 aromatic heterocycles. The fraction of sp³-hybridized carbons (Fsp3) is 0.263. The van der Waals surface area contributed by atoms with Crippen molar-refractivity contribution < 1.29 is 9.53 Å². The van der Waals surface area contributed by atoms with Gasteiger partial charge in [-0.3, -0.25) is 4.79 Å². The van der Waals surface area contributed by atoms with E-state index in [0.29, 0.717) is 13.0 Å². The summed E-state index contributed by atoms with van der Waals surface area (Å²) in [6, 6.07) is 13.9. The monoisotopic (exact) mass is 321 g/mol. The third-order valence-corrected chi connectivity index (χ3v) is 4.44. The summed E-state index contributed by atoms with van der Waals surface area (Å²) in [4.78, 5) is 16.8. The Labute approximate surface area is 140 Å². The molecule has 0 spiro atoms. The molecule has 0 radical (unpaired) electrons. The second kappa shape index (κ2) is 6.00. The molecule has 0 atom stereocenters. The van der Waals surface area contributed by atoms with Crippen molar-refractivity contribution in [1.29, 1.82) is 0 Å². The van der Waals surface area contributed by atoms with Gasteiger partial charge in [0.25, 0.3) is 0 Å². The topological polar surface area (TPSA) is 56.2 Å². The number of hydrogen-bond donors (Lipinski definition) is 1. The Hall–Kier alpha value is -2.82. The molecule has 24 heavy (non-hydrogen) atoms. The zero-order valence-corrected chi connectivity index (χ0v) is 13.6. The van der Waals surface area contributed by atoms with Crippen molar-refractivity contribution in [3.05, 3.63) is 59.4 Å². The normalized spacial score (nSPS) is 12.9. The zero-order valence-electron chi connectivity index (χ0n) is 13.6. The summed E-state index contributed by atoms with van der Waals surface area (Å²) in [5.74, 6) is 1.80. The Balaban J connectivity index is 1.42. The summed E-state index contributed by atoms with van der Waals surface area (Å²) >= 11 is 0. The number of para-hydroxylation sites is 2. The summed E-state index contributed by atoms with van der Waals surface area (Å²) in [6.07, 6.45) is 1.29. The second-order valence-electron chi connectivity index (χ2n) is 6.07. The fourth-order valence-corrected chi connectivity index (χ4v) is 3.13. The number of carbonyl (C=O) groups excluding carboxylic acids is 1. The van der Waals surface area contributed by atoms with Crippen molar-refractivity contribution in [2.75, 3.05) is 6.61 Å². The smallest absolute Gasteiger partial charge is 0.224 e. The Morgan fingerprint density at radius 3 is 3.04 bits per heavy atom. The molecule has 5 nitrogen and oxygen atoms in total. The van der Waals surface area contributed by atoms with Crippen LogP contribution in [0, 0.1) is 0 Å². The summed E-state index contributed by atoms with van der Waals surface area (Å²) in [5.41, 5.74) is 4.22. The summed E-state index contributed by atoms with van der Waals surface area (Å²) in [5, 5.41) is 2.96. The van der Waals surface area contributed by atoms with Crippen LogP contribution >= 0.6 is 0 Å². The van der Waals surface area contributed by atoms with Gasteiger partial charge in [0.15, 0.2) is 0 Å². The van der Waals surface area contributed by atoms with Crippen molar-refractivity contribution in [2.24, 2.45) is 7.05 Å². The molecule has 0 unspecified atom stereocenters. The number of amides is 1. The standard InChI is InChI=1S/C19H19N3O2/c1-22-16-5-3-2-4-15(16)21-18(22)12-20-19(23)11-13-6-7-17-14(10-13)8-9-24-17/h2-7,10H,8-9,11-12H2,1H3,(H,20,23). The first-order chi connectivity index (χ1) is 11.7. The predicted molar refractivity (Wildman–Crippen MR) is 91.9 cm³/mol. The molecule has 1 aliphatic rings. The van der Waals surface area contributed by atoms with E-state index in [4.69, 9.17) is 4.74 Å². The number of benzene rings is 2. The molecule has 0 fully saturated rings. The van der Waals surface area contributed by atoms with Gasteiger partial charge in [-0.05, 0) is 29.3 Å². The van der Waals surface area contributed by atoms with E-state index in [1.807, 2.05) is 48.0 Å². The van der Waals surface area contributed by atoms with Crippen LogP contribution < -0.4 is 10.1 Å². The van der Waals surface area contributed by atoms with E-state index in [1.165, 1.54) is 5.56 Å². The maximum Gasteiger partial charge on any atom is 0.224 e. The minimum Gasteiger partial charge on any atom is -0.493 e. The molecule has 0 aliphatic carbocycles. The number of carbonyl (C=O) groups is 1. The van der Waals surface area contributed by atoms with E-state index in [9.17, 15) is 4.79 Å². The van der Waals surface area contributed by atoms with Gasteiger partial charge in [-0.2, -0.15) is 0 Å². The molecule has 4 rings (SSSR count). The molecular weight excluding hydrogens is 302 g/mol. The molecule has 1 amide bonds. The van der Waals surface area contributed by atoms with Crippen molar-refractivity contribution in [3.63, 3.8) is 0 Å². The van der Waals surface area contributed by atoms with E-state index >= 15 is 0 Å². The quantitative estimate of drug-likeness (QED) is 0.802. The molecule has 2 aromatic carbocycles. The van der Waals surface area contributed by atoms with Crippen LogP contribution in [0.25, 0.3) is 11.0 Å². The number of ether oxygens (including phenoxy) is 1. The molecule has 1 N–H and O–H groups in total. The predicted octanol–water partition coefficient (Wildman–Crippen LogP) is 2.37. The first-order valence-corrected chi connectivity index (χ1v) is 8.12. The largest absolute Gasteiger partial charge is 0.493 e. The number of nitrogens with zero attached hydrogens (tertiary/aromatic N) is 2. The van der Waals surface area contributed by atoms with Gasteiger partial charge in [0.05, 0.1) is 30.6 Å². The van der Waals surface area contributed by atoms with Crippen molar-refractivity contribution in [1.82, 2.24) is 14.9 Å². The SMILES string of the molecule is Cn1c(CNC(=O)Cc2ccc3c(c2)CCO3)nc2ccccc21. The third-order valence-electron chi connectivity index (χ3n) is 4.44. The number of hydrogen-bond acceptors (Lipinski definition) is 3.